The minimum absolute atomic E-state index is 0.248. The molecule has 0 aliphatic heterocycles. The van der Waals surface area contributed by atoms with Crippen molar-refractivity contribution in [3.05, 3.63) is 221 Å². The summed E-state index contributed by atoms with van der Waals surface area (Å²) in [6, 6.07) is 70.1. The van der Waals surface area contributed by atoms with Crippen molar-refractivity contribution in [1.29, 1.82) is 0 Å². The largest absolute Gasteiger partial charge is 0.310 e. The highest BCUT2D eigenvalue weighted by molar-refractivity contribution is 7.25. The molecule has 0 N–H and O–H groups in total. The number of fused-ring (bicyclic) bond motifs is 9. The minimum Gasteiger partial charge on any atom is -0.310 e. The third-order valence-corrected chi connectivity index (χ3v) is 13.6. The van der Waals surface area contributed by atoms with Gasteiger partial charge in [0.15, 0.2) is 0 Å². The summed E-state index contributed by atoms with van der Waals surface area (Å²) in [7, 11) is 0. The first-order valence-electron chi connectivity index (χ1n) is 18.8. The zero-order valence-corrected chi connectivity index (χ0v) is 31.1. The van der Waals surface area contributed by atoms with Crippen molar-refractivity contribution in [3.63, 3.8) is 0 Å². The topological polar surface area (TPSA) is 3.24 Å². The number of hydrogen-bond donors (Lipinski definition) is 0. The fraction of sp³-hybridized carbons (Fsp3) is 0.0769. The molecule has 1 nitrogen and oxygen atoms in total. The number of benzene rings is 8. The van der Waals surface area contributed by atoms with Crippen LogP contribution in [-0.2, 0) is 10.8 Å². The van der Waals surface area contributed by atoms with Crippen LogP contribution in [0.15, 0.2) is 188 Å². The van der Waals surface area contributed by atoms with Crippen LogP contribution in [0.4, 0.5) is 17.1 Å². The molecule has 2 aliphatic carbocycles. The number of thiophene rings is 1. The highest BCUT2D eigenvalue weighted by atomic mass is 32.1. The molecule has 0 saturated heterocycles. The molecule has 1 aromatic heterocycles. The smallest absolute Gasteiger partial charge is 0.0468 e. The van der Waals surface area contributed by atoms with E-state index >= 15 is 0 Å². The van der Waals surface area contributed by atoms with E-state index in [1.165, 1.54) is 75.8 Å². The molecule has 0 amide bonds. The van der Waals surface area contributed by atoms with E-state index in [-0.39, 0.29) is 10.8 Å². The Labute approximate surface area is 320 Å². The maximum atomic E-state index is 2.49. The van der Waals surface area contributed by atoms with Gasteiger partial charge in [0.2, 0.25) is 0 Å². The van der Waals surface area contributed by atoms with E-state index in [1.54, 1.807) is 0 Å². The van der Waals surface area contributed by atoms with Crippen molar-refractivity contribution in [3.8, 4) is 22.3 Å². The first kappa shape index (κ1) is 31.3. The van der Waals surface area contributed by atoms with Crippen LogP contribution in [0.25, 0.3) is 42.4 Å². The Kier molecular flexibility index (Phi) is 6.75. The summed E-state index contributed by atoms with van der Waals surface area (Å²) >= 11 is 1.87. The Morgan fingerprint density at radius 1 is 0.352 bits per heavy atom. The number of rotatable bonds is 5. The van der Waals surface area contributed by atoms with Crippen LogP contribution in [0.2, 0.25) is 0 Å². The van der Waals surface area contributed by atoms with Gasteiger partial charge in [-0.15, -0.1) is 11.3 Å². The molecule has 0 bridgehead atoms. The van der Waals surface area contributed by atoms with Crippen molar-refractivity contribution < 1.29 is 0 Å². The molecule has 0 saturated carbocycles. The standard InChI is InChI=1S/C52H37NS/c1-51(34-15-5-3-6-16-34)46-23-13-10-20-40(46)43-31-36(26-29-47(43)51)53(37-27-30-50-44(32-37)42-21-11-14-24-49(42)54-50)38-25-28-41-39-19-9-12-22-45(39)52(2,48(41)33-38)35-17-7-4-8-18-35/h3-33H,1-2H3. The zero-order chi connectivity index (χ0) is 36.0. The summed E-state index contributed by atoms with van der Waals surface area (Å²) < 4.78 is 2.63. The van der Waals surface area contributed by atoms with E-state index in [2.05, 4.69) is 207 Å². The quantitative estimate of drug-likeness (QED) is 0.172. The molecular formula is C52H37NS. The second kappa shape index (κ2) is 11.6. The predicted octanol–water partition coefficient (Wildman–Crippen LogP) is 14.2. The molecule has 2 atom stereocenters. The summed E-state index contributed by atoms with van der Waals surface area (Å²) in [5, 5.41) is 2.60. The molecular weight excluding hydrogens is 671 g/mol. The molecule has 2 unspecified atom stereocenters. The van der Waals surface area contributed by atoms with Crippen LogP contribution in [0.1, 0.15) is 47.2 Å². The lowest BCUT2D eigenvalue weighted by Gasteiger charge is -2.31. The fourth-order valence-electron chi connectivity index (χ4n) is 9.71. The molecule has 2 heteroatoms. The van der Waals surface area contributed by atoms with E-state index < -0.39 is 0 Å². The van der Waals surface area contributed by atoms with Crippen molar-refractivity contribution in [1.82, 2.24) is 0 Å². The van der Waals surface area contributed by atoms with E-state index in [0.29, 0.717) is 0 Å². The van der Waals surface area contributed by atoms with Gasteiger partial charge in [0.1, 0.15) is 0 Å². The van der Waals surface area contributed by atoms with Crippen molar-refractivity contribution >= 4 is 48.6 Å². The van der Waals surface area contributed by atoms with Gasteiger partial charge in [-0.25, -0.2) is 0 Å². The Morgan fingerprint density at radius 2 is 0.833 bits per heavy atom. The van der Waals surface area contributed by atoms with Crippen LogP contribution in [0, 0.1) is 0 Å². The number of hydrogen-bond acceptors (Lipinski definition) is 2. The molecule has 256 valence electrons. The highest BCUT2D eigenvalue weighted by Crippen LogP contribution is 2.56. The third-order valence-electron chi connectivity index (χ3n) is 12.4. The van der Waals surface area contributed by atoms with Gasteiger partial charge in [-0.2, -0.15) is 0 Å². The Balaban J connectivity index is 1.16. The molecule has 54 heavy (non-hydrogen) atoms. The SMILES string of the molecule is CC1(c2ccccc2)c2ccccc2-c2cc(N(c3ccc4c(c3)C(C)(c3ccccc3)c3ccccc3-4)c3ccc4sc5ccccc5c4c3)ccc21. The number of anilines is 3. The van der Waals surface area contributed by atoms with Crippen LogP contribution in [0.3, 0.4) is 0 Å². The van der Waals surface area contributed by atoms with Crippen molar-refractivity contribution in [2.75, 3.05) is 4.90 Å². The Hall–Kier alpha value is -6.22. The van der Waals surface area contributed by atoms with Crippen LogP contribution < -0.4 is 4.90 Å². The highest BCUT2D eigenvalue weighted by Gasteiger charge is 2.42. The molecule has 9 aromatic rings. The monoisotopic (exact) mass is 707 g/mol. The molecule has 8 aromatic carbocycles. The van der Waals surface area contributed by atoms with Gasteiger partial charge in [-0.3, -0.25) is 0 Å². The minimum atomic E-state index is -0.295. The Bertz CT molecular complexity index is 2920. The fourth-order valence-corrected chi connectivity index (χ4v) is 10.8. The predicted molar refractivity (Wildman–Crippen MR) is 229 cm³/mol. The molecule has 0 fully saturated rings. The van der Waals surface area contributed by atoms with Gasteiger partial charge in [0.05, 0.1) is 0 Å². The summed E-state index contributed by atoms with van der Waals surface area (Å²) in [6.45, 7) is 4.80. The van der Waals surface area contributed by atoms with Crippen LogP contribution in [0.5, 0.6) is 0 Å². The molecule has 2 aliphatic rings. The van der Waals surface area contributed by atoms with Gasteiger partial charge >= 0.3 is 0 Å². The zero-order valence-electron chi connectivity index (χ0n) is 30.3. The van der Waals surface area contributed by atoms with Crippen LogP contribution in [-0.4, -0.2) is 0 Å². The summed E-state index contributed by atoms with van der Waals surface area (Å²) in [5.74, 6) is 0. The second-order valence-corrected chi connectivity index (χ2v) is 16.2. The lowest BCUT2D eigenvalue weighted by Crippen LogP contribution is -2.23. The van der Waals surface area contributed by atoms with E-state index in [1.807, 2.05) is 11.3 Å². The van der Waals surface area contributed by atoms with E-state index in [0.717, 1.165) is 17.1 Å². The average Bonchev–Trinajstić information content (AvgIpc) is 3.83. The number of nitrogens with zero attached hydrogens (tertiary/aromatic N) is 1. The van der Waals surface area contributed by atoms with E-state index in [4.69, 9.17) is 0 Å². The second-order valence-electron chi connectivity index (χ2n) is 15.1. The van der Waals surface area contributed by atoms with Gasteiger partial charge in [-0.1, -0.05) is 140 Å². The lowest BCUT2D eigenvalue weighted by molar-refractivity contribution is 0.713. The molecule has 11 rings (SSSR count). The van der Waals surface area contributed by atoms with Gasteiger partial charge < -0.3 is 4.90 Å². The average molecular weight is 708 g/mol. The molecule has 0 radical (unpaired) electrons. The van der Waals surface area contributed by atoms with Gasteiger partial charge in [0.25, 0.3) is 0 Å². The molecule has 1 heterocycles. The van der Waals surface area contributed by atoms with Crippen LogP contribution >= 0.6 is 11.3 Å². The van der Waals surface area contributed by atoms with Crippen molar-refractivity contribution in [2.45, 2.75) is 24.7 Å². The first-order valence-corrected chi connectivity index (χ1v) is 19.7. The van der Waals surface area contributed by atoms with Crippen molar-refractivity contribution in [2.24, 2.45) is 0 Å². The Morgan fingerprint density at radius 3 is 1.56 bits per heavy atom. The third kappa shape index (κ3) is 4.32. The maximum absolute atomic E-state index is 2.49. The van der Waals surface area contributed by atoms with Gasteiger partial charge in [-0.05, 0) is 118 Å². The lowest BCUT2D eigenvalue weighted by atomic mass is 9.74. The first-order chi connectivity index (χ1) is 26.5. The van der Waals surface area contributed by atoms with Gasteiger partial charge in [0, 0.05) is 48.1 Å². The molecule has 0 spiro atoms. The summed E-state index contributed by atoms with van der Waals surface area (Å²) in [5.41, 5.74) is 16.2. The summed E-state index contributed by atoms with van der Waals surface area (Å²) in [6.07, 6.45) is 0. The summed E-state index contributed by atoms with van der Waals surface area (Å²) in [4.78, 5) is 2.49. The normalized spacial score (nSPS) is 18.0. The van der Waals surface area contributed by atoms with E-state index in [9.17, 15) is 0 Å². The maximum Gasteiger partial charge on any atom is 0.0468 e.